The van der Waals surface area contributed by atoms with Gasteiger partial charge in [-0.25, -0.2) is 0 Å². The average Bonchev–Trinajstić information content (AvgIpc) is 2.34. The molecule has 0 aliphatic heterocycles. The number of rotatable bonds is 10. The van der Waals surface area contributed by atoms with E-state index in [1.807, 2.05) is 0 Å². The highest BCUT2D eigenvalue weighted by Crippen LogP contribution is 1.85. The van der Waals surface area contributed by atoms with E-state index in [1.165, 1.54) is 0 Å². The lowest BCUT2D eigenvalue weighted by molar-refractivity contribution is 0.403. The quantitative estimate of drug-likeness (QED) is 0.233. The summed E-state index contributed by atoms with van der Waals surface area (Å²) in [5.41, 5.74) is 10.9. The molecule has 0 saturated heterocycles. The van der Waals surface area contributed by atoms with Crippen molar-refractivity contribution >= 4 is 5.96 Å². The van der Waals surface area contributed by atoms with Gasteiger partial charge in [-0.2, -0.15) is 0 Å². The normalized spacial score (nSPS) is 10.5. The van der Waals surface area contributed by atoms with Crippen LogP contribution in [0.3, 0.4) is 0 Å². The standard InChI is InChI=1S/C12H30N6/c1-18(2)11-5-10-17-12(15-8-3-6-13)16-9-4-7-14/h3-11,13-14H2,1-2H3,(H2,15,16,17). The lowest BCUT2D eigenvalue weighted by atomic mass is 10.4. The van der Waals surface area contributed by atoms with Crippen LogP contribution in [0.4, 0.5) is 0 Å². The Hall–Kier alpha value is -0.850. The Labute approximate surface area is 111 Å². The van der Waals surface area contributed by atoms with Crippen LogP contribution in [0.15, 0.2) is 4.99 Å². The van der Waals surface area contributed by atoms with Crippen molar-refractivity contribution in [1.29, 1.82) is 0 Å². The van der Waals surface area contributed by atoms with Crippen LogP contribution in [-0.2, 0) is 0 Å². The summed E-state index contributed by atoms with van der Waals surface area (Å²) in [6, 6.07) is 0. The van der Waals surface area contributed by atoms with E-state index < -0.39 is 0 Å². The zero-order valence-electron chi connectivity index (χ0n) is 11.9. The van der Waals surface area contributed by atoms with Gasteiger partial charge in [-0.15, -0.1) is 0 Å². The molecule has 18 heavy (non-hydrogen) atoms. The third-order valence-electron chi connectivity index (χ3n) is 2.38. The van der Waals surface area contributed by atoms with E-state index in [0.717, 1.165) is 51.4 Å². The number of nitrogens with one attached hydrogen (secondary N) is 2. The summed E-state index contributed by atoms with van der Waals surface area (Å²) in [6.07, 6.45) is 2.97. The SMILES string of the molecule is CN(C)CCCN=C(NCCCN)NCCCN. The average molecular weight is 258 g/mol. The molecule has 0 spiro atoms. The van der Waals surface area contributed by atoms with Gasteiger partial charge in [0, 0.05) is 19.6 Å². The minimum Gasteiger partial charge on any atom is -0.356 e. The van der Waals surface area contributed by atoms with E-state index in [-0.39, 0.29) is 0 Å². The van der Waals surface area contributed by atoms with Crippen molar-refractivity contribution in [2.45, 2.75) is 19.3 Å². The highest BCUT2D eigenvalue weighted by Gasteiger charge is 1.97. The molecule has 6 nitrogen and oxygen atoms in total. The molecule has 0 aromatic rings. The first-order chi connectivity index (χ1) is 8.70. The summed E-state index contributed by atoms with van der Waals surface area (Å²) in [6.45, 7) is 5.01. The maximum atomic E-state index is 5.47. The van der Waals surface area contributed by atoms with Crippen molar-refractivity contribution in [2.24, 2.45) is 16.5 Å². The van der Waals surface area contributed by atoms with Gasteiger partial charge < -0.3 is 27.0 Å². The molecule has 6 N–H and O–H groups in total. The van der Waals surface area contributed by atoms with Crippen LogP contribution in [0.5, 0.6) is 0 Å². The first-order valence-corrected chi connectivity index (χ1v) is 6.77. The third kappa shape index (κ3) is 11.6. The van der Waals surface area contributed by atoms with Crippen LogP contribution in [0.25, 0.3) is 0 Å². The lowest BCUT2D eigenvalue weighted by Crippen LogP contribution is -2.39. The van der Waals surface area contributed by atoms with Gasteiger partial charge in [-0.3, -0.25) is 4.99 Å². The molecule has 0 saturated carbocycles. The molecule has 0 rings (SSSR count). The number of hydrogen-bond acceptors (Lipinski definition) is 4. The molecule has 0 aromatic carbocycles. The number of nitrogens with zero attached hydrogens (tertiary/aromatic N) is 2. The molecule has 0 amide bonds. The van der Waals surface area contributed by atoms with Gasteiger partial charge in [0.15, 0.2) is 5.96 Å². The van der Waals surface area contributed by atoms with E-state index in [4.69, 9.17) is 11.5 Å². The summed E-state index contributed by atoms with van der Waals surface area (Å²) >= 11 is 0. The van der Waals surface area contributed by atoms with Crippen molar-refractivity contribution in [3.8, 4) is 0 Å². The second kappa shape index (κ2) is 12.6. The lowest BCUT2D eigenvalue weighted by Gasteiger charge is -2.12. The van der Waals surface area contributed by atoms with Gasteiger partial charge in [0.05, 0.1) is 0 Å². The van der Waals surface area contributed by atoms with Crippen molar-refractivity contribution < 1.29 is 0 Å². The summed E-state index contributed by atoms with van der Waals surface area (Å²) in [7, 11) is 4.15. The maximum Gasteiger partial charge on any atom is 0.191 e. The van der Waals surface area contributed by atoms with Crippen molar-refractivity contribution in [1.82, 2.24) is 15.5 Å². The molecule has 0 heterocycles. The van der Waals surface area contributed by atoms with Crippen LogP contribution < -0.4 is 22.1 Å². The van der Waals surface area contributed by atoms with Crippen LogP contribution in [0.2, 0.25) is 0 Å². The number of hydrogen-bond donors (Lipinski definition) is 4. The Balaban J connectivity index is 3.88. The second-order valence-corrected chi connectivity index (χ2v) is 4.53. The van der Waals surface area contributed by atoms with Gasteiger partial charge in [0.2, 0.25) is 0 Å². The third-order valence-corrected chi connectivity index (χ3v) is 2.38. The minimum atomic E-state index is 0.698. The molecular weight excluding hydrogens is 228 g/mol. The summed E-state index contributed by atoms with van der Waals surface area (Å²) < 4.78 is 0. The van der Waals surface area contributed by atoms with Gasteiger partial charge in [-0.05, 0) is 53.0 Å². The van der Waals surface area contributed by atoms with E-state index in [0.29, 0.717) is 13.1 Å². The second-order valence-electron chi connectivity index (χ2n) is 4.53. The van der Waals surface area contributed by atoms with E-state index in [1.54, 1.807) is 0 Å². The number of guanidine groups is 1. The first kappa shape index (κ1) is 17.2. The van der Waals surface area contributed by atoms with Crippen molar-refractivity contribution in [3.63, 3.8) is 0 Å². The fourth-order valence-corrected chi connectivity index (χ4v) is 1.37. The highest BCUT2D eigenvalue weighted by molar-refractivity contribution is 5.79. The Morgan fingerprint density at radius 3 is 2.00 bits per heavy atom. The monoisotopic (exact) mass is 258 g/mol. The number of aliphatic imine (C=N–C) groups is 1. The summed E-state index contributed by atoms with van der Waals surface area (Å²) in [5, 5.41) is 6.54. The number of nitrogens with two attached hydrogens (primary N) is 2. The van der Waals surface area contributed by atoms with Crippen LogP contribution >= 0.6 is 0 Å². The molecule has 0 aromatic heterocycles. The van der Waals surface area contributed by atoms with E-state index in [2.05, 4.69) is 34.6 Å². The minimum absolute atomic E-state index is 0.698. The van der Waals surface area contributed by atoms with Crippen LogP contribution in [0.1, 0.15) is 19.3 Å². The Morgan fingerprint density at radius 1 is 1.00 bits per heavy atom. The van der Waals surface area contributed by atoms with Gasteiger partial charge in [-0.1, -0.05) is 0 Å². The molecular formula is C12H30N6. The fraction of sp³-hybridized carbons (Fsp3) is 0.917. The van der Waals surface area contributed by atoms with Crippen LogP contribution in [0, 0.1) is 0 Å². The Morgan fingerprint density at radius 2 is 1.56 bits per heavy atom. The molecule has 0 atom stereocenters. The fourth-order valence-electron chi connectivity index (χ4n) is 1.37. The predicted molar refractivity (Wildman–Crippen MR) is 78.8 cm³/mol. The Bertz CT molecular complexity index is 193. The molecule has 0 aliphatic rings. The van der Waals surface area contributed by atoms with E-state index >= 15 is 0 Å². The summed E-state index contributed by atoms with van der Waals surface area (Å²) in [5.74, 6) is 0.871. The topological polar surface area (TPSA) is 91.7 Å². The van der Waals surface area contributed by atoms with Gasteiger partial charge in [0.1, 0.15) is 0 Å². The zero-order valence-corrected chi connectivity index (χ0v) is 11.9. The van der Waals surface area contributed by atoms with Crippen molar-refractivity contribution in [2.75, 3.05) is 53.4 Å². The molecule has 0 aliphatic carbocycles. The molecule has 0 fully saturated rings. The largest absolute Gasteiger partial charge is 0.356 e. The molecule has 0 radical (unpaired) electrons. The molecule has 6 heteroatoms. The Kier molecular flexibility index (Phi) is 12.0. The van der Waals surface area contributed by atoms with Gasteiger partial charge in [0.25, 0.3) is 0 Å². The molecule has 0 unspecified atom stereocenters. The zero-order chi connectivity index (χ0) is 13.6. The van der Waals surface area contributed by atoms with Crippen molar-refractivity contribution in [3.05, 3.63) is 0 Å². The van der Waals surface area contributed by atoms with Crippen LogP contribution in [-0.4, -0.2) is 64.2 Å². The summed E-state index contributed by atoms with van der Waals surface area (Å²) in [4.78, 5) is 6.69. The maximum absolute atomic E-state index is 5.47. The highest BCUT2D eigenvalue weighted by atomic mass is 15.2. The first-order valence-electron chi connectivity index (χ1n) is 6.77. The van der Waals surface area contributed by atoms with E-state index in [9.17, 15) is 0 Å². The molecule has 108 valence electrons. The molecule has 0 bridgehead atoms. The predicted octanol–water partition coefficient (Wildman–Crippen LogP) is -0.829. The van der Waals surface area contributed by atoms with Gasteiger partial charge >= 0.3 is 0 Å². The smallest absolute Gasteiger partial charge is 0.191 e.